The monoisotopic (exact) mass is 295 g/mol. The molecule has 2 atom stereocenters. The molecule has 4 nitrogen and oxygen atoms in total. The van der Waals surface area contributed by atoms with Crippen LogP contribution in [0.2, 0.25) is 0 Å². The second-order valence-electron chi connectivity index (χ2n) is 5.94. The summed E-state index contributed by atoms with van der Waals surface area (Å²) in [5.74, 6) is -0.0439. The fourth-order valence-corrected chi connectivity index (χ4v) is 3.24. The number of rotatable bonds is 6. The Bertz CT molecular complexity index is 467. The van der Waals surface area contributed by atoms with Crippen LogP contribution < -0.4 is 10.5 Å². The van der Waals surface area contributed by atoms with Crippen LogP contribution in [-0.2, 0) is 0 Å². The van der Waals surface area contributed by atoms with E-state index in [2.05, 4.69) is 23.9 Å². The van der Waals surface area contributed by atoms with Gasteiger partial charge in [-0.2, -0.15) is 0 Å². The van der Waals surface area contributed by atoms with Gasteiger partial charge in [-0.1, -0.05) is 6.07 Å². The van der Waals surface area contributed by atoms with Crippen LogP contribution in [-0.4, -0.2) is 56.7 Å². The number of halogens is 1. The van der Waals surface area contributed by atoms with Crippen LogP contribution in [0.1, 0.15) is 24.4 Å². The van der Waals surface area contributed by atoms with E-state index in [1.165, 1.54) is 20.0 Å². The molecule has 2 rings (SSSR count). The molecule has 118 valence electrons. The van der Waals surface area contributed by atoms with Gasteiger partial charge in [0.2, 0.25) is 0 Å². The standard InChI is InChI=1S/C16H26FN3O/c1-19(2)11-13-5-4-8-20(13)15(10-18)12-6-7-16(21-3)14(17)9-12/h6-7,9,13,15H,4-5,8,10-11,18H2,1-3H3. The predicted molar refractivity (Wildman–Crippen MR) is 83.0 cm³/mol. The van der Waals surface area contributed by atoms with Crippen LogP contribution in [0.4, 0.5) is 4.39 Å². The summed E-state index contributed by atoms with van der Waals surface area (Å²) in [6.45, 7) is 2.53. The number of nitrogens with zero attached hydrogens (tertiary/aromatic N) is 2. The van der Waals surface area contributed by atoms with Gasteiger partial charge < -0.3 is 15.4 Å². The molecule has 1 heterocycles. The topological polar surface area (TPSA) is 41.7 Å². The van der Waals surface area contributed by atoms with E-state index in [-0.39, 0.29) is 17.6 Å². The second-order valence-corrected chi connectivity index (χ2v) is 5.94. The zero-order chi connectivity index (χ0) is 15.4. The highest BCUT2D eigenvalue weighted by atomic mass is 19.1. The van der Waals surface area contributed by atoms with E-state index in [0.717, 1.165) is 18.7 Å². The van der Waals surface area contributed by atoms with Crippen molar-refractivity contribution >= 4 is 0 Å². The fourth-order valence-electron chi connectivity index (χ4n) is 3.24. The molecule has 1 aliphatic rings. The third-order valence-electron chi connectivity index (χ3n) is 4.18. The Balaban J connectivity index is 2.20. The molecular weight excluding hydrogens is 269 g/mol. The lowest BCUT2D eigenvalue weighted by atomic mass is 10.0. The molecule has 2 N–H and O–H groups in total. The zero-order valence-corrected chi connectivity index (χ0v) is 13.2. The quantitative estimate of drug-likeness (QED) is 0.870. The van der Waals surface area contributed by atoms with Gasteiger partial charge >= 0.3 is 0 Å². The number of likely N-dealkylation sites (tertiary alicyclic amines) is 1. The lowest BCUT2D eigenvalue weighted by Gasteiger charge is -2.34. The van der Waals surface area contributed by atoms with E-state index in [0.29, 0.717) is 12.6 Å². The normalized spacial score (nSPS) is 21.0. The minimum atomic E-state index is -0.322. The van der Waals surface area contributed by atoms with Gasteiger partial charge in [0.25, 0.3) is 0 Å². The van der Waals surface area contributed by atoms with Crippen molar-refractivity contribution < 1.29 is 9.13 Å². The van der Waals surface area contributed by atoms with Crippen LogP contribution in [0.25, 0.3) is 0 Å². The lowest BCUT2D eigenvalue weighted by Crippen LogP contribution is -2.42. The lowest BCUT2D eigenvalue weighted by molar-refractivity contribution is 0.155. The smallest absolute Gasteiger partial charge is 0.165 e. The van der Waals surface area contributed by atoms with Gasteiger partial charge in [0.15, 0.2) is 11.6 Å². The average molecular weight is 295 g/mol. The highest BCUT2D eigenvalue weighted by Crippen LogP contribution is 2.31. The first-order valence-corrected chi connectivity index (χ1v) is 7.50. The fraction of sp³-hybridized carbons (Fsp3) is 0.625. The molecule has 0 spiro atoms. The molecule has 21 heavy (non-hydrogen) atoms. The number of methoxy groups -OCH3 is 1. The Kier molecular flexibility index (Phi) is 5.56. The molecule has 1 aromatic carbocycles. The minimum absolute atomic E-state index is 0.0675. The molecule has 0 aromatic heterocycles. The first kappa shape index (κ1) is 16.2. The van der Waals surface area contributed by atoms with Crippen molar-refractivity contribution in [2.24, 2.45) is 5.73 Å². The minimum Gasteiger partial charge on any atom is -0.494 e. The van der Waals surface area contributed by atoms with E-state index >= 15 is 0 Å². The van der Waals surface area contributed by atoms with Crippen molar-refractivity contribution in [2.45, 2.75) is 24.9 Å². The molecule has 1 aromatic rings. The summed E-state index contributed by atoms with van der Waals surface area (Å²) < 4.78 is 18.9. The SMILES string of the molecule is COc1ccc(C(CN)N2CCCC2CN(C)C)cc1F. The van der Waals surface area contributed by atoms with Gasteiger partial charge in [-0.15, -0.1) is 0 Å². The molecule has 0 saturated carbocycles. The highest BCUT2D eigenvalue weighted by Gasteiger charge is 2.31. The van der Waals surface area contributed by atoms with E-state index < -0.39 is 0 Å². The van der Waals surface area contributed by atoms with Gasteiger partial charge in [-0.3, -0.25) is 4.90 Å². The number of benzene rings is 1. The summed E-state index contributed by atoms with van der Waals surface area (Å²) >= 11 is 0. The van der Waals surface area contributed by atoms with Crippen LogP contribution >= 0.6 is 0 Å². The molecule has 0 aliphatic carbocycles. The second kappa shape index (κ2) is 7.20. The Morgan fingerprint density at radius 3 is 2.81 bits per heavy atom. The summed E-state index contributed by atoms with van der Waals surface area (Å²) in [5.41, 5.74) is 6.92. The molecule has 5 heteroatoms. The number of hydrogen-bond donors (Lipinski definition) is 1. The maximum absolute atomic E-state index is 13.9. The molecule has 0 radical (unpaired) electrons. The van der Waals surface area contributed by atoms with E-state index in [9.17, 15) is 4.39 Å². The summed E-state index contributed by atoms with van der Waals surface area (Å²) in [5, 5.41) is 0. The third kappa shape index (κ3) is 3.73. The van der Waals surface area contributed by atoms with Gasteiger partial charge in [-0.05, 0) is 51.2 Å². The number of nitrogens with two attached hydrogens (primary N) is 1. The van der Waals surface area contributed by atoms with Crippen molar-refractivity contribution in [1.82, 2.24) is 9.80 Å². The summed E-state index contributed by atoms with van der Waals surface area (Å²) in [4.78, 5) is 4.62. The highest BCUT2D eigenvalue weighted by molar-refractivity contribution is 5.31. The first-order chi connectivity index (χ1) is 10.1. The van der Waals surface area contributed by atoms with E-state index in [1.807, 2.05) is 6.07 Å². The molecule has 1 fully saturated rings. The first-order valence-electron chi connectivity index (χ1n) is 7.50. The Morgan fingerprint density at radius 2 is 2.24 bits per heavy atom. The van der Waals surface area contributed by atoms with Crippen molar-refractivity contribution in [1.29, 1.82) is 0 Å². The maximum Gasteiger partial charge on any atom is 0.165 e. The number of likely N-dealkylation sites (N-methyl/N-ethyl adjacent to an activating group) is 1. The molecule has 2 unspecified atom stereocenters. The summed E-state index contributed by atoms with van der Waals surface area (Å²) in [6.07, 6.45) is 2.35. The Labute approximate surface area is 126 Å². The average Bonchev–Trinajstić information content (AvgIpc) is 2.87. The zero-order valence-electron chi connectivity index (χ0n) is 13.2. The Morgan fingerprint density at radius 1 is 1.48 bits per heavy atom. The van der Waals surface area contributed by atoms with Crippen LogP contribution in [0.3, 0.4) is 0 Å². The third-order valence-corrected chi connectivity index (χ3v) is 4.18. The molecule has 1 aliphatic heterocycles. The summed E-state index contributed by atoms with van der Waals surface area (Å²) in [7, 11) is 5.65. The van der Waals surface area contributed by atoms with Crippen molar-refractivity contribution in [3.8, 4) is 5.75 Å². The molecule has 0 amide bonds. The van der Waals surface area contributed by atoms with Gasteiger partial charge in [-0.25, -0.2) is 4.39 Å². The van der Waals surface area contributed by atoms with Gasteiger partial charge in [0, 0.05) is 25.2 Å². The predicted octanol–water partition coefficient (Wildman–Crippen LogP) is 1.86. The molecular formula is C16H26FN3O. The summed E-state index contributed by atoms with van der Waals surface area (Å²) in [6, 6.07) is 5.72. The molecule has 1 saturated heterocycles. The van der Waals surface area contributed by atoms with E-state index in [4.69, 9.17) is 10.5 Å². The molecule has 0 bridgehead atoms. The van der Waals surface area contributed by atoms with Crippen LogP contribution in [0.15, 0.2) is 18.2 Å². The van der Waals surface area contributed by atoms with E-state index in [1.54, 1.807) is 12.1 Å². The van der Waals surface area contributed by atoms with Crippen molar-refractivity contribution in [3.05, 3.63) is 29.6 Å². The largest absolute Gasteiger partial charge is 0.494 e. The maximum atomic E-state index is 13.9. The van der Waals surface area contributed by atoms with Crippen LogP contribution in [0.5, 0.6) is 5.75 Å². The van der Waals surface area contributed by atoms with Gasteiger partial charge in [0.05, 0.1) is 7.11 Å². The van der Waals surface area contributed by atoms with Crippen molar-refractivity contribution in [2.75, 3.05) is 40.8 Å². The Hall–Kier alpha value is -1.17. The van der Waals surface area contributed by atoms with Crippen molar-refractivity contribution in [3.63, 3.8) is 0 Å². The number of hydrogen-bond acceptors (Lipinski definition) is 4. The van der Waals surface area contributed by atoms with Gasteiger partial charge in [0.1, 0.15) is 0 Å². The number of ether oxygens (including phenoxy) is 1. The van der Waals surface area contributed by atoms with Crippen LogP contribution in [0, 0.1) is 5.82 Å².